The van der Waals surface area contributed by atoms with Gasteiger partial charge in [0.25, 0.3) is 0 Å². The van der Waals surface area contributed by atoms with Gasteiger partial charge in [0, 0.05) is 24.5 Å². The molecular weight excluding hydrogens is 202 g/mol. The fourth-order valence-electron chi connectivity index (χ4n) is 2.19. The van der Waals surface area contributed by atoms with Gasteiger partial charge in [-0.2, -0.15) is 0 Å². The van der Waals surface area contributed by atoms with Gasteiger partial charge in [-0.1, -0.05) is 0 Å². The number of aryl methyl sites for hydroxylation is 2. The third kappa shape index (κ3) is 2.50. The molecule has 16 heavy (non-hydrogen) atoms. The summed E-state index contributed by atoms with van der Waals surface area (Å²) in [6, 6.07) is 2.00. The molecule has 1 saturated heterocycles. The molecule has 4 nitrogen and oxygen atoms in total. The maximum atomic E-state index is 5.70. The molecule has 0 amide bonds. The molecule has 1 aromatic heterocycles. The molecule has 0 spiro atoms. The van der Waals surface area contributed by atoms with Crippen molar-refractivity contribution in [1.82, 2.24) is 9.97 Å². The number of rotatable bonds is 1. The third-order valence-electron chi connectivity index (χ3n) is 2.67. The Morgan fingerprint density at radius 2 is 1.62 bits per heavy atom. The van der Waals surface area contributed by atoms with Gasteiger partial charge in [-0.05, 0) is 33.8 Å². The first-order chi connectivity index (χ1) is 7.54. The number of anilines is 1. The molecule has 1 fully saturated rings. The summed E-state index contributed by atoms with van der Waals surface area (Å²) in [7, 11) is 0. The van der Waals surface area contributed by atoms with Crippen LogP contribution in [0.15, 0.2) is 6.07 Å². The van der Waals surface area contributed by atoms with Gasteiger partial charge in [0.1, 0.15) is 0 Å². The lowest BCUT2D eigenvalue weighted by Gasteiger charge is -2.35. The summed E-state index contributed by atoms with van der Waals surface area (Å²) < 4.78 is 5.70. The van der Waals surface area contributed by atoms with Crippen LogP contribution in [0.4, 0.5) is 5.95 Å². The van der Waals surface area contributed by atoms with Crippen molar-refractivity contribution in [2.24, 2.45) is 0 Å². The molecule has 0 aromatic carbocycles. The van der Waals surface area contributed by atoms with Crippen molar-refractivity contribution in [2.45, 2.75) is 39.9 Å². The third-order valence-corrected chi connectivity index (χ3v) is 2.67. The van der Waals surface area contributed by atoms with Crippen molar-refractivity contribution in [3.05, 3.63) is 17.5 Å². The van der Waals surface area contributed by atoms with Crippen LogP contribution in [0.5, 0.6) is 0 Å². The molecule has 4 heteroatoms. The highest BCUT2D eigenvalue weighted by atomic mass is 16.5. The highest BCUT2D eigenvalue weighted by Gasteiger charge is 2.24. The van der Waals surface area contributed by atoms with Crippen molar-refractivity contribution in [3.8, 4) is 0 Å². The largest absolute Gasteiger partial charge is 0.372 e. The Labute approximate surface area is 96.7 Å². The average molecular weight is 221 g/mol. The van der Waals surface area contributed by atoms with Crippen molar-refractivity contribution < 1.29 is 4.74 Å². The maximum Gasteiger partial charge on any atom is 0.225 e. The first kappa shape index (κ1) is 11.3. The van der Waals surface area contributed by atoms with Crippen LogP contribution in [0.1, 0.15) is 25.2 Å². The molecule has 88 valence electrons. The number of hydrogen-bond acceptors (Lipinski definition) is 4. The van der Waals surface area contributed by atoms with E-state index in [4.69, 9.17) is 4.74 Å². The molecule has 2 heterocycles. The van der Waals surface area contributed by atoms with Crippen molar-refractivity contribution in [3.63, 3.8) is 0 Å². The summed E-state index contributed by atoms with van der Waals surface area (Å²) in [4.78, 5) is 11.2. The van der Waals surface area contributed by atoms with E-state index in [2.05, 4.69) is 28.7 Å². The summed E-state index contributed by atoms with van der Waals surface area (Å²) in [5, 5.41) is 0. The van der Waals surface area contributed by atoms with Crippen LogP contribution in [-0.2, 0) is 4.74 Å². The van der Waals surface area contributed by atoms with Gasteiger partial charge in [-0.15, -0.1) is 0 Å². The number of hydrogen-bond donors (Lipinski definition) is 0. The van der Waals surface area contributed by atoms with Crippen LogP contribution in [0.25, 0.3) is 0 Å². The Kier molecular flexibility index (Phi) is 3.10. The van der Waals surface area contributed by atoms with Gasteiger partial charge in [-0.25, -0.2) is 9.97 Å². The molecule has 0 aliphatic carbocycles. The second kappa shape index (κ2) is 4.37. The van der Waals surface area contributed by atoms with E-state index in [0.717, 1.165) is 30.4 Å². The standard InChI is InChI=1S/C12H19N3O/c1-8-5-9(2)14-12(13-8)15-6-10(3)16-11(4)7-15/h5,10-11H,6-7H2,1-4H3. The van der Waals surface area contributed by atoms with E-state index in [9.17, 15) is 0 Å². The Hall–Kier alpha value is -1.16. The molecule has 0 N–H and O–H groups in total. The van der Waals surface area contributed by atoms with E-state index >= 15 is 0 Å². The second-order valence-electron chi connectivity index (χ2n) is 4.61. The fraction of sp³-hybridized carbons (Fsp3) is 0.667. The quantitative estimate of drug-likeness (QED) is 0.723. The monoisotopic (exact) mass is 221 g/mol. The van der Waals surface area contributed by atoms with E-state index < -0.39 is 0 Å². The van der Waals surface area contributed by atoms with E-state index in [1.807, 2.05) is 19.9 Å². The molecule has 1 aromatic rings. The lowest BCUT2D eigenvalue weighted by atomic mass is 10.2. The van der Waals surface area contributed by atoms with Gasteiger partial charge < -0.3 is 9.64 Å². The highest BCUT2D eigenvalue weighted by molar-refractivity contribution is 5.33. The number of morpholine rings is 1. The average Bonchev–Trinajstić information content (AvgIpc) is 2.14. The molecule has 2 rings (SSSR count). The first-order valence-electron chi connectivity index (χ1n) is 5.77. The van der Waals surface area contributed by atoms with E-state index in [1.165, 1.54) is 0 Å². The molecule has 1 aliphatic rings. The Morgan fingerprint density at radius 1 is 1.12 bits per heavy atom. The van der Waals surface area contributed by atoms with Gasteiger partial charge >= 0.3 is 0 Å². The van der Waals surface area contributed by atoms with E-state index in [0.29, 0.717) is 0 Å². The molecule has 1 aliphatic heterocycles. The molecule has 0 radical (unpaired) electrons. The van der Waals surface area contributed by atoms with Crippen molar-refractivity contribution in [1.29, 1.82) is 0 Å². The molecule has 2 unspecified atom stereocenters. The van der Waals surface area contributed by atoms with Gasteiger partial charge in [-0.3, -0.25) is 0 Å². The van der Waals surface area contributed by atoms with Crippen LogP contribution in [0.3, 0.4) is 0 Å². The van der Waals surface area contributed by atoms with E-state index in [-0.39, 0.29) is 12.2 Å². The number of ether oxygens (including phenoxy) is 1. The zero-order chi connectivity index (χ0) is 11.7. The Bertz CT molecular complexity index is 350. The molecule has 0 bridgehead atoms. The SMILES string of the molecule is Cc1cc(C)nc(N2CC(C)OC(C)C2)n1. The zero-order valence-electron chi connectivity index (χ0n) is 10.4. The summed E-state index contributed by atoms with van der Waals surface area (Å²) in [5.74, 6) is 0.833. The van der Waals surface area contributed by atoms with Crippen LogP contribution < -0.4 is 4.90 Å². The van der Waals surface area contributed by atoms with Crippen LogP contribution in [0, 0.1) is 13.8 Å². The lowest BCUT2D eigenvalue weighted by Crippen LogP contribution is -2.46. The summed E-state index contributed by atoms with van der Waals surface area (Å²) >= 11 is 0. The lowest BCUT2D eigenvalue weighted by molar-refractivity contribution is -0.00574. The minimum Gasteiger partial charge on any atom is -0.372 e. The number of nitrogens with zero attached hydrogens (tertiary/aromatic N) is 3. The predicted molar refractivity (Wildman–Crippen MR) is 63.7 cm³/mol. The normalized spacial score (nSPS) is 25.9. The first-order valence-corrected chi connectivity index (χ1v) is 5.77. The number of aromatic nitrogens is 2. The minimum atomic E-state index is 0.244. The predicted octanol–water partition coefficient (Wildman–Crippen LogP) is 1.71. The Morgan fingerprint density at radius 3 is 2.12 bits per heavy atom. The van der Waals surface area contributed by atoms with Crippen LogP contribution in [0.2, 0.25) is 0 Å². The summed E-state index contributed by atoms with van der Waals surface area (Å²) in [5.41, 5.74) is 2.04. The Balaban J connectivity index is 2.22. The van der Waals surface area contributed by atoms with Gasteiger partial charge in [0.15, 0.2) is 0 Å². The fourth-order valence-corrected chi connectivity index (χ4v) is 2.19. The van der Waals surface area contributed by atoms with Crippen molar-refractivity contribution >= 4 is 5.95 Å². The van der Waals surface area contributed by atoms with E-state index in [1.54, 1.807) is 0 Å². The zero-order valence-corrected chi connectivity index (χ0v) is 10.4. The minimum absolute atomic E-state index is 0.244. The van der Waals surface area contributed by atoms with Crippen molar-refractivity contribution in [2.75, 3.05) is 18.0 Å². The molecule has 2 atom stereocenters. The van der Waals surface area contributed by atoms with Crippen LogP contribution >= 0.6 is 0 Å². The molecule has 0 saturated carbocycles. The van der Waals surface area contributed by atoms with Gasteiger partial charge in [0.05, 0.1) is 12.2 Å². The maximum absolute atomic E-state index is 5.70. The topological polar surface area (TPSA) is 38.2 Å². The summed E-state index contributed by atoms with van der Waals surface area (Å²) in [6.45, 7) is 9.92. The smallest absolute Gasteiger partial charge is 0.225 e. The van der Waals surface area contributed by atoms with Gasteiger partial charge in [0.2, 0.25) is 5.95 Å². The summed E-state index contributed by atoms with van der Waals surface area (Å²) in [6.07, 6.45) is 0.487. The highest BCUT2D eigenvalue weighted by Crippen LogP contribution is 2.17. The molecular formula is C12H19N3O. The van der Waals surface area contributed by atoms with Crippen LogP contribution in [-0.4, -0.2) is 35.3 Å². The second-order valence-corrected chi connectivity index (χ2v) is 4.61.